The highest BCUT2D eigenvalue weighted by atomic mass is 16.2. The highest BCUT2D eigenvalue weighted by molar-refractivity contribution is 5.99. The molecular weight excluding hydrogens is 386 g/mol. The van der Waals surface area contributed by atoms with Gasteiger partial charge in [0.2, 0.25) is 0 Å². The number of H-pyrrole nitrogens is 1. The summed E-state index contributed by atoms with van der Waals surface area (Å²) in [6, 6.07) is 12.3. The molecule has 0 radical (unpaired) electrons. The molecule has 3 heterocycles. The van der Waals surface area contributed by atoms with Gasteiger partial charge in [0.05, 0.1) is 35.7 Å². The molecule has 3 aromatic rings. The van der Waals surface area contributed by atoms with Crippen LogP contribution in [0, 0.1) is 0 Å². The smallest absolute Gasteiger partial charge is 0.258 e. The van der Waals surface area contributed by atoms with Crippen molar-refractivity contribution in [2.75, 3.05) is 6.54 Å². The van der Waals surface area contributed by atoms with Crippen LogP contribution in [0.1, 0.15) is 35.3 Å². The van der Waals surface area contributed by atoms with Crippen LogP contribution in [0.3, 0.4) is 0 Å². The number of amides is 1. The number of carbonyl (C=O) groups excluding carboxylic acids is 1. The first-order chi connectivity index (χ1) is 15.3. The second-order valence-corrected chi connectivity index (χ2v) is 7.93. The summed E-state index contributed by atoms with van der Waals surface area (Å²) in [7, 11) is 0. The molecule has 156 valence electrons. The van der Waals surface area contributed by atoms with Crippen molar-refractivity contribution in [3.05, 3.63) is 90.4 Å². The normalized spacial score (nSPS) is 18.3. The fraction of sp³-hybridized carbons (Fsp3) is 0.240. The van der Waals surface area contributed by atoms with Crippen molar-refractivity contribution in [1.29, 1.82) is 0 Å². The molecular formula is C25H25N5O. The van der Waals surface area contributed by atoms with Gasteiger partial charge in [-0.3, -0.25) is 14.6 Å². The average Bonchev–Trinajstić information content (AvgIpc) is 3.53. The first-order valence-corrected chi connectivity index (χ1v) is 10.8. The van der Waals surface area contributed by atoms with Crippen molar-refractivity contribution in [3.8, 4) is 11.3 Å². The Balaban J connectivity index is 1.34. The molecule has 0 spiro atoms. The Hall–Kier alpha value is -3.67. The molecule has 6 nitrogen and oxygen atoms in total. The SMILES string of the molecule is O=C(c1cn[nH]c1C1=CC=CCC=C1)N1CCC[C@H]1Cn1ccc(-c2ccccc2)n1. The van der Waals surface area contributed by atoms with Gasteiger partial charge >= 0.3 is 0 Å². The molecule has 1 atom stereocenters. The summed E-state index contributed by atoms with van der Waals surface area (Å²) in [6.07, 6.45) is 16.8. The van der Waals surface area contributed by atoms with Gasteiger partial charge in [0.15, 0.2) is 0 Å². The lowest BCUT2D eigenvalue weighted by atomic mass is 10.1. The molecule has 1 aliphatic carbocycles. The van der Waals surface area contributed by atoms with E-state index in [1.54, 1.807) is 6.20 Å². The van der Waals surface area contributed by atoms with Crippen molar-refractivity contribution in [3.63, 3.8) is 0 Å². The largest absolute Gasteiger partial charge is 0.334 e. The fourth-order valence-electron chi connectivity index (χ4n) is 4.30. The van der Waals surface area contributed by atoms with Crippen LogP contribution in [0.15, 0.2) is 79.2 Å². The number of nitrogens with one attached hydrogen (secondary N) is 1. The van der Waals surface area contributed by atoms with Crippen molar-refractivity contribution in [2.45, 2.75) is 31.8 Å². The summed E-state index contributed by atoms with van der Waals surface area (Å²) in [5.41, 5.74) is 4.44. The van der Waals surface area contributed by atoms with Crippen LogP contribution < -0.4 is 0 Å². The van der Waals surface area contributed by atoms with Crippen LogP contribution in [-0.2, 0) is 6.54 Å². The summed E-state index contributed by atoms with van der Waals surface area (Å²) in [4.78, 5) is 15.4. The topological polar surface area (TPSA) is 66.8 Å². The monoisotopic (exact) mass is 411 g/mol. The Kier molecular flexibility index (Phi) is 5.35. The fourth-order valence-corrected chi connectivity index (χ4v) is 4.30. The molecule has 1 fully saturated rings. The Labute approximate surface area is 181 Å². The van der Waals surface area contributed by atoms with E-state index in [2.05, 4.69) is 34.5 Å². The van der Waals surface area contributed by atoms with Crippen LogP contribution in [0.4, 0.5) is 0 Å². The van der Waals surface area contributed by atoms with Gasteiger partial charge in [0, 0.05) is 23.9 Å². The Morgan fingerprint density at radius 3 is 2.97 bits per heavy atom. The molecule has 1 aliphatic heterocycles. The number of aromatic amines is 1. The highest BCUT2D eigenvalue weighted by Gasteiger charge is 2.32. The molecule has 0 saturated carbocycles. The van der Waals surface area contributed by atoms with E-state index < -0.39 is 0 Å². The van der Waals surface area contributed by atoms with E-state index in [1.165, 1.54) is 0 Å². The zero-order valence-corrected chi connectivity index (χ0v) is 17.3. The van der Waals surface area contributed by atoms with Crippen LogP contribution >= 0.6 is 0 Å². The summed E-state index contributed by atoms with van der Waals surface area (Å²) in [5, 5.41) is 11.9. The van der Waals surface area contributed by atoms with Gasteiger partial charge in [-0.15, -0.1) is 0 Å². The maximum atomic E-state index is 13.5. The minimum Gasteiger partial charge on any atom is -0.334 e. The third-order valence-electron chi connectivity index (χ3n) is 5.89. The van der Waals surface area contributed by atoms with E-state index >= 15 is 0 Å². The third-order valence-corrected chi connectivity index (χ3v) is 5.89. The lowest BCUT2D eigenvalue weighted by Crippen LogP contribution is -2.38. The number of hydrogen-bond acceptors (Lipinski definition) is 3. The van der Waals surface area contributed by atoms with Gasteiger partial charge in [-0.1, -0.05) is 60.7 Å². The maximum Gasteiger partial charge on any atom is 0.258 e. The molecule has 1 saturated heterocycles. The third kappa shape index (κ3) is 4.01. The minimum absolute atomic E-state index is 0.0317. The second-order valence-electron chi connectivity index (χ2n) is 7.93. The van der Waals surface area contributed by atoms with Gasteiger partial charge in [0.1, 0.15) is 0 Å². The molecule has 1 aromatic carbocycles. The van der Waals surface area contributed by atoms with Crippen LogP contribution in [0.2, 0.25) is 0 Å². The first kappa shape index (κ1) is 19.3. The molecule has 1 N–H and O–H groups in total. The number of hydrogen-bond donors (Lipinski definition) is 1. The molecule has 2 aliphatic rings. The number of nitrogens with zero attached hydrogens (tertiary/aromatic N) is 4. The van der Waals surface area contributed by atoms with Crippen molar-refractivity contribution in [1.82, 2.24) is 24.9 Å². The molecule has 6 heteroatoms. The van der Waals surface area contributed by atoms with E-state index in [4.69, 9.17) is 5.10 Å². The Morgan fingerprint density at radius 1 is 1.16 bits per heavy atom. The van der Waals surface area contributed by atoms with Crippen LogP contribution in [0.5, 0.6) is 0 Å². The zero-order chi connectivity index (χ0) is 21.0. The first-order valence-electron chi connectivity index (χ1n) is 10.8. The quantitative estimate of drug-likeness (QED) is 0.673. The number of rotatable bonds is 5. The molecule has 2 aromatic heterocycles. The van der Waals surface area contributed by atoms with E-state index in [0.717, 1.165) is 48.3 Å². The lowest BCUT2D eigenvalue weighted by molar-refractivity contribution is 0.0721. The number of likely N-dealkylation sites (tertiary alicyclic amines) is 1. The molecule has 5 rings (SSSR count). The van der Waals surface area contributed by atoms with Crippen molar-refractivity contribution < 1.29 is 4.79 Å². The van der Waals surface area contributed by atoms with Crippen LogP contribution in [0.25, 0.3) is 16.8 Å². The average molecular weight is 412 g/mol. The van der Waals surface area contributed by atoms with E-state index in [9.17, 15) is 4.79 Å². The van der Waals surface area contributed by atoms with E-state index in [-0.39, 0.29) is 11.9 Å². The predicted octanol–water partition coefficient (Wildman–Crippen LogP) is 4.48. The summed E-state index contributed by atoms with van der Waals surface area (Å²) < 4.78 is 1.95. The second kappa shape index (κ2) is 8.60. The van der Waals surface area contributed by atoms with Gasteiger partial charge in [0.25, 0.3) is 5.91 Å². The van der Waals surface area contributed by atoms with Gasteiger partial charge < -0.3 is 4.90 Å². The van der Waals surface area contributed by atoms with Crippen molar-refractivity contribution in [2.24, 2.45) is 0 Å². The van der Waals surface area contributed by atoms with E-state index in [0.29, 0.717) is 12.1 Å². The summed E-state index contributed by atoms with van der Waals surface area (Å²) in [6.45, 7) is 1.45. The van der Waals surface area contributed by atoms with Gasteiger partial charge in [-0.2, -0.15) is 10.2 Å². The lowest BCUT2D eigenvalue weighted by Gasteiger charge is -2.24. The Morgan fingerprint density at radius 2 is 2.06 bits per heavy atom. The number of carbonyl (C=O) groups is 1. The van der Waals surface area contributed by atoms with Crippen LogP contribution in [-0.4, -0.2) is 43.4 Å². The van der Waals surface area contributed by atoms with Crippen molar-refractivity contribution >= 4 is 11.5 Å². The number of benzene rings is 1. The number of allylic oxidation sites excluding steroid dienone is 6. The Bertz CT molecular complexity index is 1150. The zero-order valence-electron chi connectivity index (χ0n) is 17.3. The van der Waals surface area contributed by atoms with Gasteiger partial charge in [-0.05, 0) is 25.3 Å². The molecule has 0 unspecified atom stereocenters. The highest BCUT2D eigenvalue weighted by Crippen LogP contribution is 2.26. The molecule has 0 bridgehead atoms. The standard InChI is InChI=1S/C25H25N5O/c31-25(22-17-26-27-24(22)20-11-4-1-2-5-12-20)30-15-8-13-21(30)18-29-16-14-23(28-29)19-9-6-3-7-10-19/h1,3-7,9-12,14,16-17,21H,2,8,13,15,18H2,(H,26,27)/t21-/m0/s1. The van der Waals surface area contributed by atoms with E-state index in [1.807, 2.05) is 58.3 Å². The summed E-state index contributed by atoms with van der Waals surface area (Å²) in [5.74, 6) is 0.0317. The minimum atomic E-state index is 0.0317. The maximum absolute atomic E-state index is 13.5. The van der Waals surface area contributed by atoms with Gasteiger partial charge in [-0.25, -0.2) is 0 Å². The molecule has 31 heavy (non-hydrogen) atoms. The predicted molar refractivity (Wildman–Crippen MR) is 121 cm³/mol. The number of aromatic nitrogens is 4. The molecule has 1 amide bonds. The summed E-state index contributed by atoms with van der Waals surface area (Å²) >= 11 is 0.